The maximum Gasteiger partial charge on any atom is 0.0599 e. The first-order valence-electron chi connectivity index (χ1n) is 11.5. The van der Waals surface area contributed by atoms with Crippen LogP contribution in [0.3, 0.4) is 0 Å². The summed E-state index contributed by atoms with van der Waals surface area (Å²) in [7, 11) is 0. The summed E-state index contributed by atoms with van der Waals surface area (Å²) >= 11 is 0. The summed E-state index contributed by atoms with van der Waals surface area (Å²) in [5.74, 6) is 3.74. The van der Waals surface area contributed by atoms with Crippen molar-refractivity contribution in [2.45, 2.75) is 101 Å². The standard InChI is InChI=1S/C18H31N.C7H16O/c1-12(2)15-7-6-8-17-16(10-9-15)14(5)11-19-18(17)13(3)4;1-6(2)5-8-7(3)4/h12-13,15,17H,6-11H2,1-5H3;6-7H,5H2,1-4H3. The van der Waals surface area contributed by atoms with Gasteiger partial charge in [0.1, 0.15) is 0 Å². The van der Waals surface area contributed by atoms with Gasteiger partial charge in [-0.05, 0) is 63.7 Å². The molecule has 2 heteroatoms. The van der Waals surface area contributed by atoms with Crippen LogP contribution in [0.1, 0.15) is 94.4 Å². The quantitative estimate of drug-likeness (QED) is 0.459. The van der Waals surface area contributed by atoms with Crippen molar-refractivity contribution in [2.24, 2.45) is 34.6 Å². The fraction of sp³-hybridized carbons (Fsp3) is 0.880. The van der Waals surface area contributed by atoms with Crippen LogP contribution in [0.4, 0.5) is 0 Å². The van der Waals surface area contributed by atoms with Crippen LogP contribution in [0, 0.1) is 29.6 Å². The number of ether oxygens (including phenoxy) is 1. The van der Waals surface area contributed by atoms with Crippen LogP contribution in [0.2, 0.25) is 0 Å². The van der Waals surface area contributed by atoms with Gasteiger partial charge in [0.2, 0.25) is 0 Å². The van der Waals surface area contributed by atoms with Crippen molar-refractivity contribution in [2.75, 3.05) is 13.2 Å². The van der Waals surface area contributed by atoms with Gasteiger partial charge in [0.15, 0.2) is 0 Å². The first kappa shape index (κ1) is 24.4. The first-order valence-corrected chi connectivity index (χ1v) is 11.5. The molecule has 2 rings (SSSR count). The van der Waals surface area contributed by atoms with Crippen molar-refractivity contribution in [3.8, 4) is 0 Å². The molecule has 0 aromatic heterocycles. The molecule has 0 N–H and O–H groups in total. The van der Waals surface area contributed by atoms with E-state index in [-0.39, 0.29) is 0 Å². The minimum atomic E-state index is 0.386. The minimum absolute atomic E-state index is 0.386. The Kier molecular flexibility index (Phi) is 10.9. The lowest BCUT2D eigenvalue weighted by Crippen LogP contribution is -2.29. The largest absolute Gasteiger partial charge is 0.379 e. The Bertz CT molecular complexity index is 477. The molecule has 27 heavy (non-hydrogen) atoms. The van der Waals surface area contributed by atoms with Gasteiger partial charge in [-0.3, -0.25) is 4.99 Å². The topological polar surface area (TPSA) is 21.6 Å². The molecule has 0 radical (unpaired) electrons. The van der Waals surface area contributed by atoms with E-state index in [1.807, 2.05) is 0 Å². The van der Waals surface area contributed by atoms with E-state index in [9.17, 15) is 0 Å². The molecule has 0 bridgehead atoms. The van der Waals surface area contributed by atoms with E-state index < -0.39 is 0 Å². The van der Waals surface area contributed by atoms with Crippen LogP contribution in [0.15, 0.2) is 16.1 Å². The predicted octanol–water partition coefficient (Wildman–Crippen LogP) is 7.33. The van der Waals surface area contributed by atoms with Gasteiger partial charge >= 0.3 is 0 Å². The Balaban J connectivity index is 0.000000387. The monoisotopic (exact) mass is 377 g/mol. The van der Waals surface area contributed by atoms with Gasteiger partial charge in [-0.2, -0.15) is 0 Å². The van der Waals surface area contributed by atoms with Gasteiger partial charge in [-0.15, -0.1) is 0 Å². The first-order chi connectivity index (χ1) is 12.6. The van der Waals surface area contributed by atoms with Gasteiger partial charge in [0.05, 0.1) is 12.6 Å². The second-order valence-corrected chi connectivity index (χ2v) is 10.0. The SMILES string of the molecule is CC(C)COC(C)C.CC1=C2CCC(C(C)C)CCCC2C(C(C)C)=NC1. The second-order valence-electron chi connectivity index (χ2n) is 10.0. The van der Waals surface area contributed by atoms with E-state index >= 15 is 0 Å². The lowest BCUT2D eigenvalue weighted by molar-refractivity contribution is 0.0593. The molecule has 1 aliphatic carbocycles. The smallest absolute Gasteiger partial charge is 0.0599 e. The zero-order chi connectivity index (χ0) is 20.6. The third kappa shape index (κ3) is 8.50. The summed E-state index contributed by atoms with van der Waals surface area (Å²) in [5.41, 5.74) is 4.81. The molecule has 1 heterocycles. The molecular weight excluding hydrogens is 330 g/mol. The molecule has 2 unspecified atom stereocenters. The van der Waals surface area contributed by atoms with Crippen molar-refractivity contribution in [1.82, 2.24) is 0 Å². The summed E-state index contributed by atoms with van der Waals surface area (Å²) in [6.07, 6.45) is 7.25. The highest BCUT2D eigenvalue weighted by Crippen LogP contribution is 2.38. The van der Waals surface area contributed by atoms with Gasteiger partial charge < -0.3 is 4.74 Å². The highest BCUT2D eigenvalue weighted by molar-refractivity contribution is 5.92. The van der Waals surface area contributed by atoms with Crippen LogP contribution in [0.25, 0.3) is 0 Å². The molecule has 0 saturated heterocycles. The van der Waals surface area contributed by atoms with E-state index in [0.29, 0.717) is 23.9 Å². The van der Waals surface area contributed by atoms with Gasteiger partial charge in [-0.1, -0.05) is 65.5 Å². The third-order valence-corrected chi connectivity index (χ3v) is 5.97. The molecule has 2 nitrogen and oxygen atoms in total. The summed E-state index contributed by atoms with van der Waals surface area (Å²) in [6.45, 7) is 22.0. The number of aliphatic imine (C=N–C) groups is 1. The third-order valence-electron chi connectivity index (χ3n) is 5.97. The molecule has 1 fully saturated rings. The van der Waals surface area contributed by atoms with Gasteiger partial charge in [0, 0.05) is 18.2 Å². The van der Waals surface area contributed by atoms with Gasteiger partial charge in [-0.25, -0.2) is 0 Å². The zero-order valence-electron chi connectivity index (χ0n) is 19.8. The van der Waals surface area contributed by atoms with E-state index in [4.69, 9.17) is 9.73 Å². The van der Waals surface area contributed by atoms with Gasteiger partial charge in [0.25, 0.3) is 0 Å². The molecule has 0 aromatic carbocycles. The lowest BCUT2D eigenvalue weighted by atomic mass is 9.73. The van der Waals surface area contributed by atoms with Crippen LogP contribution < -0.4 is 0 Å². The summed E-state index contributed by atoms with van der Waals surface area (Å²) in [4.78, 5) is 4.88. The number of hydrogen-bond acceptors (Lipinski definition) is 2. The van der Waals surface area contributed by atoms with E-state index in [1.165, 1.54) is 37.8 Å². The summed E-state index contributed by atoms with van der Waals surface area (Å²) in [5, 5.41) is 0. The van der Waals surface area contributed by atoms with Crippen molar-refractivity contribution in [1.29, 1.82) is 0 Å². The molecule has 1 saturated carbocycles. The zero-order valence-corrected chi connectivity index (χ0v) is 19.8. The summed E-state index contributed by atoms with van der Waals surface area (Å²) < 4.78 is 5.30. The molecule has 0 spiro atoms. The predicted molar refractivity (Wildman–Crippen MR) is 121 cm³/mol. The molecule has 158 valence electrons. The highest BCUT2D eigenvalue weighted by Gasteiger charge is 2.29. The Hall–Kier alpha value is -0.630. The second kappa shape index (κ2) is 12.0. The number of hydrogen-bond donors (Lipinski definition) is 0. The number of allylic oxidation sites excluding steroid dienone is 1. The summed E-state index contributed by atoms with van der Waals surface area (Å²) in [6, 6.07) is 0. The Labute approximate surface area is 170 Å². The van der Waals surface area contributed by atoms with Crippen LogP contribution in [0.5, 0.6) is 0 Å². The van der Waals surface area contributed by atoms with Crippen molar-refractivity contribution in [3.05, 3.63) is 11.1 Å². The molecule has 0 amide bonds. The van der Waals surface area contributed by atoms with Crippen molar-refractivity contribution in [3.63, 3.8) is 0 Å². The van der Waals surface area contributed by atoms with Crippen LogP contribution in [-0.2, 0) is 4.74 Å². The maximum atomic E-state index is 5.30. The van der Waals surface area contributed by atoms with E-state index in [2.05, 4.69) is 62.3 Å². The normalized spacial score (nSPS) is 23.8. The molecule has 1 aliphatic heterocycles. The highest BCUT2D eigenvalue weighted by atomic mass is 16.5. The van der Waals surface area contributed by atoms with E-state index in [1.54, 1.807) is 11.1 Å². The van der Waals surface area contributed by atoms with E-state index in [0.717, 1.165) is 25.0 Å². The Morgan fingerprint density at radius 3 is 2.11 bits per heavy atom. The average molecular weight is 378 g/mol. The molecular formula is C25H47NO. The number of fused-ring (bicyclic) bond motifs is 1. The van der Waals surface area contributed by atoms with Crippen molar-refractivity contribution >= 4 is 5.71 Å². The minimum Gasteiger partial charge on any atom is -0.379 e. The Morgan fingerprint density at radius 2 is 1.63 bits per heavy atom. The fourth-order valence-corrected chi connectivity index (χ4v) is 4.31. The molecule has 0 aromatic rings. The average Bonchev–Trinajstić information content (AvgIpc) is 2.54. The number of rotatable bonds is 5. The Morgan fingerprint density at radius 1 is 0.963 bits per heavy atom. The van der Waals surface area contributed by atoms with Crippen LogP contribution in [-0.4, -0.2) is 25.0 Å². The molecule has 2 aliphatic rings. The van der Waals surface area contributed by atoms with Crippen LogP contribution >= 0.6 is 0 Å². The number of nitrogens with zero attached hydrogens (tertiary/aromatic N) is 1. The van der Waals surface area contributed by atoms with Crippen molar-refractivity contribution < 1.29 is 4.74 Å². The number of dihydropyridines is 1. The molecule has 2 atom stereocenters. The maximum absolute atomic E-state index is 5.30. The fourth-order valence-electron chi connectivity index (χ4n) is 4.31. The lowest BCUT2D eigenvalue weighted by Gasteiger charge is -2.34.